The highest BCUT2D eigenvalue weighted by Gasteiger charge is 2.14. The van der Waals surface area contributed by atoms with Crippen LogP contribution in [0, 0.1) is 0 Å². The summed E-state index contributed by atoms with van der Waals surface area (Å²) < 4.78 is 0.986. The third-order valence-corrected chi connectivity index (χ3v) is 3.80. The molecule has 21 heavy (non-hydrogen) atoms. The Balaban J connectivity index is 1.82. The van der Waals surface area contributed by atoms with Crippen LogP contribution in [-0.2, 0) is 6.54 Å². The van der Waals surface area contributed by atoms with Crippen molar-refractivity contribution in [2.45, 2.75) is 6.54 Å². The van der Waals surface area contributed by atoms with Crippen molar-refractivity contribution in [3.63, 3.8) is 0 Å². The third kappa shape index (κ3) is 2.97. The van der Waals surface area contributed by atoms with Crippen LogP contribution < -0.4 is 0 Å². The van der Waals surface area contributed by atoms with E-state index in [9.17, 15) is 4.79 Å². The predicted octanol–water partition coefficient (Wildman–Crippen LogP) is 3.60. The maximum absolute atomic E-state index is 12.5. The second kappa shape index (κ2) is 5.69. The van der Waals surface area contributed by atoms with Gasteiger partial charge in [-0.25, -0.2) is 0 Å². The van der Waals surface area contributed by atoms with Gasteiger partial charge in [0.05, 0.1) is 0 Å². The number of hydrogen-bond donors (Lipinski definition) is 1. The summed E-state index contributed by atoms with van der Waals surface area (Å²) in [5.41, 5.74) is 2.55. The third-order valence-electron chi connectivity index (χ3n) is 3.30. The van der Waals surface area contributed by atoms with Gasteiger partial charge in [-0.3, -0.25) is 9.78 Å². The normalized spacial score (nSPS) is 10.8. The van der Waals surface area contributed by atoms with Gasteiger partial charge in [-0.05, 0) is 29.8 Å². The highest BCUT2D eigenvalue weighted by molar-refractivity contribution is 9.10. The number of rotatable bonds is 3. The van der Waals surface area contributed by atoms with Crippen LogP contribution in [-0.4, -0.2) is 27.8 Å². The molecule has 1 N–H and O–H groups in total. The summed E-state index contributed by atoms with van der Waals surface area (Å²) in [5, 5.41) is 1.02. The Morgan fingerprint density at radius 2 is 2.19 bits per heavy atom. The predicted molar refractivity (Wildman–Crippen MR) is 86.0 cm³/mol. The minimum absolute atomic E-state index is 0.0359. The molecule has 2 aromatic heterocycles. The summed E-state index contributed by atoms with van der Waals surface area (Å²) in [7, 11) is 1.79. The lowest BCUT2D eigenvalue weighted by atomic mass is 10.2. The van der Waals surface area contributed by atoms with Crippen molar-refractivity contribution in [3.05, 3.63) is 64.5 Å². The van der Waals surface area contributed by atoms with Gasteiger partial charge < -0.3 is 9.88 Å². The molecule has 0 spiro atoms. The van der Waals surface area contributed by atoms with Crippen molar-refractivity contribution in [2.75, 3.05) is 7.05 Å². The molecule has 0 fully saturated rings. The highest BCUT2D eigenvalue weighted by atomic mass is 79.9. The number of pyridine rings is 1. The molecule has 0 saturated heterocycles. The zero-order valence-electron chi connectivity index (χ0n) is 11.5. The quantitative estimate of drug-likeness (QED) is 0.789. The first-order chi connectivity index (χ1) is 10.1. The van der Waals surface area contributed by atoms with Crippen molar-refractivity contribution >= 4 is 32.7 Å². The summed E-state index contributed by atoms with van der Waals surface area (Å²) in [6.45, 7) is 0.533. The number of hydrogen-bond acceptors (Lipinski definition) is 2. The van der Waals surface area contributed by atoms with Gasteiger partial charge in [0, 0.05) is 41.4 Å². The topological polar surface area (TPSA) is 49.0 Å². The van der Waals surface area contributed by atoms with Crippen LogP contribution >= 0.6 is 15.9 Å². The molecule has 2 heterocycles. The van der Waals surface area contributed by atoms with E-state index in [1.54, 1.807) is 24.3 Å². The van der Waals surface area contributed by atoms with E-state index in [4.69, 9.17) is 0 Å². The molecule has 3 aromatic rings. The Bertz CT molecular complexity index is 783. The van der Waals surface area contributed by atoms with Gasteiger partial charge >= 0.3 is 0 Å². The Labute approximate surface area is 130 Å². The minimum Gasteiger partial charge on any atom is -0.350 e. The summed E-state index contributed by atoms with van der Waals surface area (Å²) >= 11 is 3.43. The smallest absolute Gasteiger partial charge is 0.270 e. The van der Waals surface area contributed by atoms with Crippen LogP contribution in [0.4, 0.5) is 0 Å². The summed E-state index contributed by atoms with van der Waals surface area (Å²) in [5.74, 6) is -0.0359. The van der Waals surface area contributed by atoms with E-state index in [1.165, 1.54) is 0 Å². The molecule has 1 aromatic carbocycles. The highest BCUT2D eigenvalue weighted by Crippen LogP contribution is 2.21. The molecule has 4 nitrogen and oxygen atoms in total. The lowest BCUT2D eigenvalue weighted by molar-refractivity contribution is 0.0780. The van der Waals surface area contributed by atoms with Gasteiger partial charge in [0.2, 0.25) is 0 Å². The van der Waals surface area contributed by atoms with Crippen LogP contribution in [0.25, 0.3) is 10.9 Å². The van der Waals surface area contributed by atoms with E-state index in [0.29, 0.717) is 12.2 Å². The number of halogens is 1. The second-order valence-electron chi connectivity index (χ2n) is 4.94. The molecule has 0 atom stereocenters. The lowest BCUT2D eigenvalue weighted by Gasteiger charge is -2.16. The average Bonchev–Trinajstić information content (AvgIpc) is 2.90. The van der Waals surface area contributed by atoms with Crippen LogP contribution in [0.2, 0.25) is 0 Å². The molecule has 106 valence electrons. The van der Waals surface area contributed by atoms with Crippen molar-refractivity contribution < 1.29 is 4.79 Å². The maximum Gasteiger partial charge on any atom is 0.270 e. The second-order valence-corrected chi connectivity index (χ2v) is 5.85. The molecule has 0 aliphatic heterocycles. The first-order valence-corrected chi connectivity index (χ1v) is 7.35. The van der Waals surface area contributed by atoms with E-state index in [1.807, 2.05) is 36.4 Å². The summed E-state index contributed by atoms with van der Waals surface area (Å²) in [6.07, 6.45) is 3.49. The van der Waals surface area contributed by atoms with Gasteiger partial charge in [0.15, 0.2) is 0 Å². The molecular formula is C16H14BrN3O. The average molecular weight is 344 g/mol. The number of carbonyl (C=O) groups excluding carboxylic acids is 1. The summed E-state index contributed by atoms with van der Waals surface area (Å²) in [6, 6.07) is 11.6. The van der Waals surface area contributed by atoms with Crippen molar-refractivity contribution in [1.29, 1.82) is 0 Å². The fourth-order valence-corrected chi connectivity index (χ4v) is 2.62. The van der Waals surface area contributed by atoms with Gasteiger partial charge in [-0.1, -0.05) is 28.1 Å². The van der Waals surface area contributed by atoms with E-state index in [2.05, 4.69) is 25.9 Å². The first kappa shape index (κ1) is 13.8. The number of carbonyl (C=O) groups is 1. The Morgan fingerprint density at radius 3 is 2.95 bits per heavy atom. The number of aromatic nitrogens is 2. The first-order valence-electron chi connectivity index (χ1n) is 6.56. The Hall–Kier alpha value is -2.14. The number of nitrogens with one attached hydrogen (secondary N) is 1. The largest absolute Gasteiger partial charge is 0.350 e. The Kier molecular flexibility index (Phi) is 3.75. The zero-order valence-corrected chi connectivity index (χ0v) is 13.1. The molecule has 0 unspecified atom stereocenters. The number of H-pyrrole nitrogens is 1. The lowest BCUT2D eigenvalue weighted by Crippen LogP contribution is -2.26. The minimum atomic E-state index is -0.0359. The van der Waals surface area contributed by atoms with E-state index in [0.717, 1.165) is 20.9 Å². The number of amides is 1. The van der Waals surface area contributed by atoms with E-state index < -0.39 is 0 Å². The Morgan fingerprint density at radius 1 is 1.33 bits per heavy atom. The number of aromatic amines is 1. The van der Waals surface area contributed by atoms with E-state index in [-0.39, 0.29) is 5.91 Å². The van der Waals surface area contributed by atoms with Gasteiger partial charge in [0.25, 0.3) is 5.91 Å². The summed E-state index contributed by atoms with van der Waals surface area (Å²) in [4.78, 5) is 21.4. The van der Waals surface area contributed by atoms with Gasteiger partial charge in [-0.15, -0.1) is 0 Å². The molecule has 0 aliphatic rings. The van der Waals surface area contributed by atoms with Crippen LogP contribution in [0.15, 0.2) is 53.3 Å². The van der Waals surface area contributed by atoms with E-state index >= 15 is 0 Å². The molecule has 5 heteroatoms. The van der Waals surface area contributed by atoms with Crippen LogP contribution in [0.3, 0.4) is 0 Å². The molecule has 0 radical (unpaired) electrons. The monoisotopic (exact) mass is 343 g/mol. The fraction of sp³-hybridized carbons (Fsp3) is 0.125. The molecule has 3 rings (SSSR count). The number of benzene rings is 1. The standard InChI is InChI=1S/C16H14BrN3O/c1-20(10-11-3-2-6-18-9-11)16(21)15-7-12-4-5-13(17)8-14(12)19-15/h2-9,19H,10H2,1H3. The van der Waals surface area contributed by atoms with Crippen LogP contribution in [0.5, 0.6) is 0 Å². The number of nitrogens with zero attached hydrogens (tertiary/aromatic N) is 2. The zero-order chi connectivity index (χ0) is 14.8. The number of fused-ring (bicyclic) bond motifs is 1. The van der Waals surface area contributed by atoms with Crippen molar-refractivity contribution in [3.8, 4) is 0 Å². The molecule has 1 amide bonds. The van der Waals surface area contributed by atoms with Gasteiger partial charge in [-0.2, -0.15) is 0 Å². The fourth-order valence-electron chi connectivity index (χ4n) is 2.26. The molecule has 0 aliphatic carbocycles. The SMILES string of the molecule is CN(Cc1cccnc1)C(=O)c1cc2ccc(Br)cc2[nH]1. The van der Waals surface area contributed by atoms with Crippen molar-refractivity contribution in [1.82, 2.24) is 14.9 Å². The van der Waals surface area contributed by atoms with Crippen LogP contribution in [0.1, 0.15) is 16.1 Å². The molecular weight excluding hydrogens is 330 g/mol. The van der Waals surface area contributed by atoms with Gasteiger partial charge in [0.1, 0.15) is 5.69 Å². The molecule has 0 bridgehead atoms. The maximum atomic E-state index is 12.5. The molecule has 0 saturated carbocycles. The van der Waals surface area contributed by atoms with Crippen molar-refractivity contribution in [2.24, 2.45) is 0 Å².